The molecule has 1 N–H and O–H groups in total. The number of carbonyl (C=O) groups excluding carboxylic acids is 2. The van der Waals surface area contributed by atoms with Crippen molar-refractivity contribution in [2.24, 2.45) is 4.40 Å². The molecule has 3 rings (SSSR count). The molecule has 0 saturated carbocycles. The Balaban J connectivity index is 1.68. The molecule has 0 radical (unpaired) electrons. The Bertz CT molecular complexity index is 882. The number of rotatable bonds is 5. The standard InChI is InChI=1S/C16H19N3O5S2/c1-3-10(2)17-14(20)9-24-15(21)11-4-5-12-13(8-11)25-16-18-26(22,23)7-6-19(12)16/h4-5,8,10H,3,6-7,9H2,1-2H3,(H,17,20)/t10-/m0/s1. The number of hydrogen-bond donors (Lipinski definition) is 1. The van der Waals surface area contributed by atoms with Crippen LogP contribution in [0.3, 0.4) is 0 Å². The van der Waals surface area contributed by atoms with Gasteiger partial charge in [0.2, 0.25) is 0 Å². The van der Waals surface area contributed by atoms with Crippen LogP contribution in [0.4, 0.5) is 5.69 Å². The summed E-state index contributed by atoms with van der Waals surface area (Å²) >= 11 is 1.20. The first kappa shape index (κ1) is 18.7. The molecule has 0 unspecified atom stereocenters. The van der Waals surface area contributed by atoms with Crippen molar-refractivity contribution in [2.75, 3.05) is 23.8 Å². The molecular formula is C16H19N3O5S2. The maximum atomic E-state index is 12.2. The van der Waals surface area contributed by atoms with Crippen LogP contribution in [0.5, 0.6) is 0 Å². The Labute approximate surface area is 156 Å². The molecule has 1 aromatic carbocycles. The van der Waals surface area contributed by atoms with Gasteiger partial charge in [0.1, 0.15) is 0 Å². The maximum absolute atomic E-state index is 12.2. The second-order valence-corrected chi connectivity index (χ2v) is 8.81. The molecule has 10 heteroatoms. The van der Waals surface area contributed by atoms with E-state index in [1.54, 1.807) is 18.2 Å². The molecule has 2 aliphatic heterocycles. The minimum absolute atomic E-state index is 0.0204. The van der Waals surface area contributed by atoms with E-state index >= 15 is 0 Å². The number of ether oxygens (including phenoxy) is 1. The molecule has 0 fully saturated rings. The predicted octanol–water partition coefficient (Wildman–Crippen LogP) is 1.37. The minimum atomic E-state index is -3.42. The monoisotopic (exact) mass is 397 g/mol. The highest BCUT2D eigenvalue weighted by atomic mass is 32.2. The van der Waals surface area contributed by atoms with E-state index in [-0.39, 0.29) is 24.3 Å². The lowest BCUT2D eigenvalue weighted by molar-refractivity contribution is -0.124. The zero-order valence-electron chi connectivity index (χ0n) is 14.4. The summed E-state index contributed by atoms with van der Waals surface area (Å²) in [7, 11) is -3.42. The predicted molar refractivity (Wildman–Crippen MR) is 99.0 cm³/mol. The van der Waals surface area contributed by atoms with Gasteiger partial charge in [-0.1, -0.05) is 6.92 Å². The van der Waals surface area contributed by atoms with E-state index in [1.165, 1.54) is 11.8 Å². The van der Waals surface area contributed by atoms with E-state index in [2.05, 4.69) is 9.71 Å². The van der Waals surface area contributed by atoms with Crippen molar-refractivity contribution >= 4 is 44.5 Å². The van der Waals surface area contributed by atoms with E-state index in [0.29, 0.717) is 17.3 Å². The largest absolute Gasteiger partial charge is 0.452 e. The second kappa shape index (κ2) is 7.28. The van der Waals surface area contributed by atoms with Crippen molar-refractivity contribution in [3.8, 4) is 0 Å². The molecule has 8 nitrogen and oxygen atoms in total. The van der Waals surface area contributed by atoms with Gasteiger partial charge in [-0.05, 0) is 43.3 Å². The Hall–Kier alpha value is -2.07. The minimum Gasteiger partial charge on any atom is -0.452 e. The van der Waals surface area contributed by atoms with Crippen LogP contribution in [0.25, 0.3) is 0 Å². The number of carbonyl (C=O) groups is 2. The van der Waals surface area contributed by atoms with Gasteiger partial charge in [0.25, 0.3) is 15.9 Å². The topological polar surface area (TPSA) is 105 Å². The normalized spacial score (nSPS) is 18.4. The lowest BCUT2D eigenvalue weighted by Crippen LogP contribution is -2.35. The maximum Gasteiger partial charge on any atom is 0.338 e. The molecule has 0 spiro atoms. The van der Waals surface area contributed by atoms with Crippen LogP contribution < -0.4 is 10.2 Å². The van der Waals surface area contributed by atoms with E-state index in [4.69, 9.17) is 4.74 Å². The molecule has 0 aliphatic carbocycles. The van der Waals surface area contributed by atoms with Crippen LogP contribution in [0.2, 0.25) is 0 Å². The Morgan fingerprint density at radius 3 is 2.92 bits per heavy atom. The fraction of sp³-hybridized carbons (Fsp3) is 0.438. The van der Waals surface area contributed by atoms with Crippen molar-refractivity contribution in [2.45, 2.75) is 31.2 Å². The van der Waals surface area contributed by atoms with E-state index in [9.17, 15) is 18.0 Å². The summed E-state index contributed by atoms with van der Waals surface area (Å²) in [6.07, 6.45) is 0.790. The zero-order chi connectivity index (χ0) is 18.9. The van der Waals surface area contributed by atoms with Crippen molar-refractivity contribution in [3.63, 3.8) is 0 Å². The number of anilines is 1. The smallest absolute Gasteiger partial charge is 0.338 e. The van der Waals surface area contributed by atoms with Crippen LogP contribution >= 0.6 is 11.8 Å². The van der Waals surface area contributed by atoms with Gasteiger partial charge in [-0.3, -0.25) is 4.79 Å². The van der Waals surface area contributed by atoms with Crippen LogP contribution in [-0.4, -0.2) is 50.4 Å². The summed E-state index contributed by atoms with van der Waals surface area (Å²) in [4.78, 5) is 26.4. The zero-order valence-corrected chi connectivity index (χ0v) is 16.0. The summed E-state index contributed by atoms with van der Waals surface area (Å²) in [6, 6.07) is 4.98. The number of sulfonamides is 1. The van der Waals surface area contributed by atoms with Crippen LogP contribution in [0.1, 0.15) is 30.6 Å². The SMILES string of the molecule is CC[C@H](C)NC(=O)COC(=O)c1ccc2c(c1)SC1=NS(=O)(=O)CCN12. The molecular weight excluding hydrogens is 378 g/mol. The van der Waals surface area contributed by atoms with E-state index in [1.807, 2.05) is 18.7 Å². The summed E-state index contributed by atoms with van der Waals surface area (Å²) in [5.74, 6) is -0.988. The number of thioether (sulfide) groups is 1. The van der Waals surface area contributed by atoms with Crippen molar-refractivity contribution in [1.29, 1.82) is 0 Å². The van der Waals surface area contributed by atoms with Gasteiger partial charge in [-0.25, -0.2) is 13.2 Å². The first-order valence-electron chi connectivity index (χ1n) is 8.17. The van der Waals surface area contributed by atoms with Crippen molar-refractivity contribution in [3.05, 3.63) is 23.8 Å². The molecule has 140 valence electrons. The highest BCUT2D eigenvalue weighted by molar-refractivity contribution is 8.15. The number of amidine groups is 1. The van der Waals surface area contributed by atoms with Gasteiger partial charge in [-0.2, -0.15) is 0 Å². The summed E-state index contributed by atoms with van der Waals surface area (Å²) in [5.41, 5.74) is 1.12. The fourth-order valence-corrected chi connectivity index (χ4v) is 4.79. The van der Waals surface area contributed by atoms with Crippen LogP contribution in [0, 0.1) is 0 Å². The fourth-order valence-electron chi connectivity index (χ4n) is 2.49. The Morgan fingerprint density at radius 1 is 1.42 bits per heavy atom. The average molecular weight is 397 g/mol. The summed E-state index contributed by atoms with van der Waals surface area (Å²) in [5, 5.41) is 3.11. The lowest BCUT2D eigenvalue weighted by atomic mass is 10.2. The molecule has 1 amide bonds. The van der Waals surface area contributed by atoms with Gasteiger partial charge >= 0.3 is 5.97 Å². The third-order valence-corrected chi connectivity index (χ3v) is 6.37. The number of hydrogen-bond acceptors (Lipinski definition) is 7. The number of esters is 1. The van der Waals surface area contributed by atoms with Crippen LogP contribution in [-0.2, 0) is 19.6 Å². The molecule has 0 aromatic heterocycles. The number of nitrogens with one attached hydrogen (secondary N) is 1. The molecule has 1 atom stereocenters. The first-order valence-corrected chi connectivity index (χ1v) is 10.6. The molecule has 26 heavy (non-hydrogen) atoms. The molecule has 1 aromatic rings. The quantitative estimate of drug-likeness (QED) is 0.748. The third kappa shape index (κ3) is 4.01. The molecule has 0 bridgehead atoms. The van der Waals surface area contributed by atoms with Gasteiger partial charge in [0.15, 0.2) is 11.8 Å². The van der Waals surface area contributed by atoms with Gasteiger partial charge in [0, 0.05) is 17.5 Å². The first-order chi connectivity index (χ1) is 12.3. The molecule has 2 heterocycles. The molecule has 0 saturated heterocycles. The summed E-state index contributed by atoms with van der Waals surface area (Å²) < 4.78 is 32.1. The van der Waals surface area contributed by atoms with Gasteiger partial charge in [-0.15, -0.1) is 4.40 Å². The highest BCUT2D eigenvalue weighted by Gasteiger charge is 2.33. The van der Waals surface area contributed by atoms with Crippen molar-refractivity contribution in [1.82, 2.24) is 5.32 Å². The molecule has 2 aliphatic rings. The van der Waals surface area contributed by atoms with Gasteiger partial charge in [0.05, 0.1) is 17.0 Å². The van der Waals surface area contributed by atoms with Crippen molar-refractivity contribution < 1.29 is 22.7 Å². The summed E-state index contributed by atoms with van der Waals surface area (Å²) in [6.45, 7) is 3.81. The van der Waals surface area contributed by atoms with Crippen LogP contribution in [0.15, 0.2) is 27.5 Å². The third-order valence-electron chi connectivity index (χ3n) is 4.06. The number of amides is 1. The number of fused-ring (bicyclic) bond motifs is 3. The number of nitrogens with zero attached hydrogens (tertiary/aromatic N) is 2. The lowest BCUT2D eigenvalue weighted by Gasteiger charge is -2.22. The number of benzene rings is 1. The highest BCUT2D eigenvalue weighted by Crippen LogP contribution is 2.42. The van der Waals surface area contributed by atoms with Gasteiger partial charge < -0.3 is 15.0 Å². The average Bonchev–Trinajstić information content (AvgIpc) is 2.94. The van der Waals surface area contributed by atoms with E-state index in [0.717, 1.165) is 17.0 Å². The van der Waals surface area contributed by atoms with E-state index < -0.39 is 16.0 Å². The second-order valence-electron chi connectivity index (χ2n) is 6.05. The Morgan fingerprint density at radius 2 is 2.19 bits per heavy atom. The Kier molecular flexibility index (Phi) is 5.24.